The molecule has 1 atom stereocenters. The third kappa shape index (κ3) is 9.87. The van der Waals surface area contributed by atoms with Crippen molar-refractivity contribution in [2.75, 3.05) is 52.5 Å². The number of para-hydroxylation sites is 1. The lowest BCUT2D eigenvalue weighted by molar-refractivity contribution is 0.0322. The number of hydrogen-bond donors (Lipinski definition) is 3. The molecule has 0 spiro atoms. The molecule has 1 saturated heterocycles. The minimum Gasteiger partial charge on any atom is -0.492 e. The van der Waals surface area contributed by atoms with E-state index in [2.05, 4.69) is 21.6 Å². The van der Waals surface area contributed by atoms with E-state index >= 15 is 0 Å². The van der Waals surface area contributed by atoms with Gasteiger partial charge in [-0.25, -0.2) is 4.99 Å². The van der Waals surface area contributed by atoms with Crippen LogP contribution in [0.4, 0.5) is 0 Å². The second kappa shape index (κ2) is 15.9. The molecule has 182 valence electrons. The molecule has 8 heteroatoms. The minimum absolute atomic E-state index is 0. The summed E-state index contributed by atoms with van der Waals surface area (Å²) < 4.78 is 11.5. The largest absolute Gasteiger partial charge is 0.492 e. The smallest absolute Gasteiger partial charge is 0.191 e. The van der Waals surface area contributed by atoms with E-state index in [1.807, 2.05) is 55.5 Å². The van der Waals surface area contributed by atoms with Crippen molar-refractivity contribution in [3.05, 3.63) is 65.7 Å². The highest BCUT2D eigenvalue weighted by Gasteiger charge is 2.11. The molecule has 2 aromatic rings. The summed E-state index contributed by atoms with van der Waals surface area (Å²) in [6, 6.07) is 17.8. The molecule has 7 nitrogen and oxygen atoms in total. The average molecular weight is 569 g/mol. The van der Waals surface area contributed by atoms with Crippen molar-refractivity contribution in [1.82, 2.24) is 15.5 Å². The molecule has 33 heavy (non-hydrogen) atoms. The maximum Gasteiger partial charge on any atom is 0.191 e. The zero-order chi connectivity index (χ0) is 22.4. The zero-order valence-electron chi connectivity index (χ0n) is 19.4. The number of halogens is 1. The van der Waals surface area contributed by atoms with Gasteiger partial charge >= 0.3 is 0 Å². The van der Waals surface area contributed by atoms with Crippen molar-refractivity contribution in [3.63, 3.8) is 0 Å². The van der Waals surface area contributed by atoms with E-state index in [0.29, 0.717) is 26.1 Å². The van der Waals surface area contributed by atoms with Crippen molar-refractivity contribution in [2.45, 2.75) is 26.0 Å². The van der Waals surface area contributed by atoms with Crippen LogP contribution in [0.5, 0.6) is 5.75 Å². The molecule has 2 aromatic carbocycles. The summed E-state index contributed by atoms with van der Waals surface area (Å²) in [5, 5.41) is 16.9. The molecule has 0 radical (unpaired) electrons. The fraction of sp³-hybridized carbons (Fsp3) is 0.480. The lowest BCUT2D eigenvalue weighted by Crippen LogP contribution is -2.38. The molecule has 1 unspecified atom stereocenters. The summed E-state index contributed by atoms with van der Waals surface area (Å²) in [6.07, 6.45) is 0.113. The molecule has 1 heterocycles. The Morgan fingerprint density at radius 3 is 2.58 bits per heavy atom. The maximum absolute atomic E-state index is 10.4. The minimum atomic E-state index is -0.493. The highest BCUT2D eigenvalue weighted by Crippen LogP contribution is 2.19. The maximum atomic E-state index is 10.4. The van der Waals surface area contributed by atoms with Crippen molar-refractivity contribution in [3.8, 4) is 5.75 Å². The van der Waals surface area contributed by atoms with Gasteiger partial charge in [0.25, 0.3) is 0 Å². The van der Waals surface area contributed by atoms with Gasteiger partial charge in [0.15, 0.2) is 5.96 Å². The summed E-state index contributed by atoms with van der Waals surface area (Å²) in [7, 11) is 0. The first-order valence-electron chi connectivity index (χ1n) is 11.5. The van der Waals surface area contributed by atoms with E-state index in [1.165, 1.54) is 0 Å². The van der Waals surface area contributed by atoms with Crippen molar-refractivity contribution < 1.29 is 14.6 Å². The van der Waals surface area contributed by atoms with Crippen LogP contribution in [-0.4, -0.2) is 68.5 Å². The van der Waals surface area contributed by atoms with Gasteiger partial charge in [-0.05, 0) is 25.0 Å². The van der Waals surface area contributed by atoms with Gasteiger partial charge in [0.05, 0.1) is 25.9 Å². The third-order valence-electron chi connectivity index (χ3n) is 5.39. The zero-order valence-corrected chi connectivity index (χ0v) is 21.7. The highest BCUT2D eigenvalue weighted by molar-refractivity contribution is 14.0. The van der Waals surface area contributed by atoms with Crippen LogP contribution in [0.2, 0.25) is 0 Å². The van der Waals surface area contributed by atoms with Crippen LogP contribution >= 0.6 is 24.0 Å². The monoisotopic (exact) mass is 568 g/mol. The summed E-state index contributed by atoms with van der Waals surface area (Å²) in [6.45, 7) is 9.03. The predicted octanol–water partition coefficient (Wildman–Crippen LogP) is 3.19. The van der Waals surface area contributed by atoms with Gasteiger partial charge in [0.2, 0.25) is 0 Å². The molecule has 0 bridgehead atoms. The van der Waals surface area contributed by atoms with Gasteiger partial charge in [-0.2, -0.15) is 0 Å². The highest BCUT2D eigenvalue weighted by atomic mass is 127. The fourth-order valence-electron chi connectivity index (χ4n) is 3.56. The number of nitrogens with one attached hydrogen (secondary N) is 2. The number of rotatable bonds is 11. The SMILES string of the molecule is CCNC(=NCc1ccccc1OCCN1CCOCC1)NCCC(O)c1ccccc1.I. The van der Waals surface area contributed by atoms with Crippen LogP contribution in [0.1, 0.15) is 30.6 Å². The predicted molar refractivity (Wildman–Crippen MR) is 143 cm³/mol. The first-order chi connectivity index (χ1) is 15.8. The Morgan fingerprint density at radius 1 is 1.09 bits per heavy atom. The number of aliphatic hydroxyl groups excluding tert-OH is 1. The van der Waals surface area contributed by atoms with Gasteiger partial charge in [-0.15, -0.1) is 24.0 Å². The first kappa shape index (κ1) is 27.4. The number of ether oxygens (including phenoxy) is 2. The first-order valence-corrected chi connectivity index (χ1v) is 11.5. The summed E-state index contributed by atoms with van der Waals surface area (Å²) in [4.78, 5) is 7.08. The number of guanidine groups is 1. The van der Waals surface area contributed by atoms with Gasteiger partial charge in [0, 0.05) is 38.3 Å². The second-order valence-corrected chi connectivity index (χ2v) is 7.75. The van der Waals surface area contributed by atoms with E-state index in [4.69, 9.17) is 14.5 Å². The standard InChI is InChI=1S/C25H36N4O3.HI/c1-2-26-25(27-13-12-23(30)21-8-4-3-5-9-21)28-20-22-10-6-7-11-24(22)32-19-16-29-14-17-31-18-15-29;/h3-11,23,30H,2,12-20H2,1H3,(H2,26,27,28);1H. The van der Waals surface area contributed by atoms with Crippen LogP contribution in [0.3, 0.4) is 0 Å². The number of morpholine rings is 1. The molecular formula is C25H37IN4O3. The van der Waals surface area contributed by atoms with Gasteiger partial charge in [0.1, 0.15) is 12.4 Å². The molecule has 0 aromatic heterocycles. The Balaban J connectivity index is 0.00000385. The lowest BCUT2D eigenvalue weighted by Gasteiger charge is -2.26. The number of hydrogen-bond acceptors (Lipinski definition) is 5. The van der Waals surface area contributed by atoms with E-state index in [0.717, 1.165) is 62.2 Å². The Morgan fingerprint density at radius 2 is 1.82 bits per heavy atom. The van der Waals surface area contributed by atoms with E-state index < -0.39 is 6.10 Å². The second-order valence-electron chi connectivity index (χ2n) is 7.75. The van der Waals surface area contributed by atoms with Gasteiger partial charge in [-0.3, -0.25) is 4.90 Å². The van der Waals surface area contributed by atoms with Crippen LogP contribution in [0.25, 0.3) is 0 Å². The Kier molecular flexibility index (Phi) is 13.2. The van der Waals surface area contributed by atoms with Crippen LogP contribution in [-0.2, 0) is 11.3 Å². The Hall–Kier alpha value is -1.88. The fourth-order valence-corrected chi connectivity index (χ4v) is 3.56. The van der Waals surface area contributed by atoms with Gasteiger partial charge in [-0.1, -0.05) is 48.5 Å². The van der Waals surface area contributed by atoms with E-state index in [9.17, 15) is 5.11 Å². The normalized spacial score (nSPS) is 15.4. The molecule has 0 amide bonds. The summed E-state index contributed by atoms with van der Waals surface area (Å²) in [5.74, 6) is 1.61. The Bertz CT molecular complexity index is 816. The van der Waals surface area contributed by atoms with Crippen LogP contribution in [0.15, 0.2) is 59.6 Å². The van der Waals surface area contributed by atoms with E-state index in [-0.39, 0.29) is 24.0 Å². The topological polar surface area (TPSA) is 78.4 Å². The number of aliphatic hydroxyl groups is 1. The molecule has 0 saturated carbocycles. The van der Waals surface area contributed by atoms with Crippen molar-refractivity contribution in [1.29, 1.82) is 0 Å². The molecule has 3 N–H and O–H groups in total. The van der Waals surface area contributed by atoms with Crippen molar-refractivity contribution >= 4 is 29.9 Å². The number of benzene rings is 2. The molecule has 1 aliphatic heterocycles. The summed E-state index contributed by atoms with van der Waals surface area (Å²) >= 11 is 0. The molecule has 3 rings (SSSR count). The quantitative estimate of drug-likeness (QED) is 0.220. The molecule has 1 aliphatic rings. The average Bonchev–Trinajstić information content (AvgIpc) is 2.84. The lowest BCUT2D eigenvalue weighted by atomic mass is 10.1. The van der Waals surface area contributed by atoms with Crippen LogP contribution < -0.4 is 15.4 Å². The van der Waals surface area contributed by atoms with E-state index in [1.54, 1.807) is 0 Å². The van der Waals surface area contributed by atoms with Crippen LogP contribution in [0, 0.1) is 0 Å². The Labute approximate surface area is 214 Å². The van der Waals surface area contributed by atoms with Gasteiger partial charge < -0.3 is 25.2 Å². The van der Waals surface area contributed by atoms with Crippen molar-refractivity contribution in [2.24, 2.45) is 4.99 Å². The molecule has 0 aliphatic carbocycles. The third-order valence-corrected chi connectivity index (χ3v) is 5.39. The molecule has 1 fully saturated rings. The summed E-state index contributed by atoms with van der Waals surface area (Å²) in [5.41, 5.74) is 1.98. The number of nitrogens with zero attached hydrogens (tertiary/aromatic N) is 2. The number of aliphatic imine (C=N–C) groups is 1. The molecular weight excluding hydrogens is 531 g/mol.